The average molecular weight is 210 g/mol. The second kappa shape index (κ2) is 5.14. The van der Waals surface area contributed by atoms with Gasteiger partial charge < -0.3 is 4.98 Å². The van der Waals surface area contributed by atoms with Crippen LogP contribution in [0.1, 0.15) is 26.7 Å². The van der Waals surface area contributed by atoms with Crippen molar-refractivity contribution in [3.63, 3.8) is 0 Å². The topological polar surface area (TPSA) is 94.4 Å². The molecule has 2 aromatic heterocycles. The minimum Gasteiger partial charge on any atom is -0.339 e. The first kappa shape index (κ1) is 11.2. The van der Waals surface area contributed by atoms with Crippen LogP contribution in [0.25, 0.3) is 11.2 Å². The van der Waals surface area contributed by atoms with Gasteiger partial charge in [0.05, 0.1) is 6.33 Å². The number of nitrogens with zero attached hydrogens (tertiary/aromatic N) is 1. The summed E-state index contributed by atoms with van der Waals surface area (Å²) in [6.07, 6.45) is 3.98. The lowest BCUT2D eigenvalue weighted by molar-refractivity contribution is 0.886. The van der Waals surface area contributed by atoms with Crippen molar-refractivity contribution in [1.29, 1.82) is 0 Å². The highest BCUT2D eigenvalue weighted by Gasteiger charge is 1.99. The largest absolute Gasteiger partial charge is 0.339 e. The highest BCUT2D eigenvalue weighted by atomic mass is 16.2. The molecular weight excluding hydrogens is 196 g/mol. The lowest BCUT2D eigenvalue weighted by atomic mass is 10.4. The number of unbranched alkanes of at least 4 members (excludes halogenated alkanes) is 1. The second-order valence-electron chi connectivity index (χ2n) is 3.03. The number of nitrogens with one attached hydrogen (secondary N) is 3. The van der Waals surface area contributed by atoms with Crippen LogP contribution in [0.15, 0.2) is 15.9 Å². The maximum absolute atomic E-state index is 10.9. The minimum absolute atomic E-state index is 0.277. The standard InChI is InChI=1S/C5H4N4O2.C4H10/c10-4-2-3(7-1-6-2)8-5(11)9-4;1-3-4-2/h1H,(H3,6,7,8,9,10,11);3-4H2,1-2H3. The molecular formula is C9H14N4O2. The molecule has 0 amide bonds. The number of aromatic nitrogens is 4. The third-order valence-electron chi connectivity index (χ3n) is 1.83. The number of imidazole rings is 1. The zero-order chi connectivity index (χ0) is 11.3. The first-order valence-electron chi connectivity index (χ1n) is 4.84. The van der Waals surface area contributed by atoms with Crippen LogP contribution in [-0.4, -0.2) is 19.9 Å². The number of hydrogen-bond acceptors (Lipinski definition) is 3. The maximum Gasteiger partial charge on any atom is 0.327 e. The first-order chi connectivity index (χ1) is 7.19. The normalized spacial score (nSPS) is 9.73. The SMILES string of the molecule is CCCC.O=c1[nH]c(=O)c2[nH]cnc2[nH]1. The van der Waals surface area contributed by atoms with Gasteiger partial charge in [0.1, 0.15) is 5.52 Å². The molecule has 6 heteroatoms. The molecule has 0 fully saturated rings. The lowest BCUT2D eigenvalue weighted by Crippen LogP contribution is -2.21. The summed E-state index contributed by atoms with van der Waals surface area (Å²) < 4.78 is 0. The van der Waals surface area contributed by atoms with Gasteiger partial charge in [0.2, 0.25) is 0 Å². The molecule has 0 radical (unpaired) electrons. The van der Waals surface area contributed by atoms with E-state index in [1.54, 1.807) is 0 Å². The van der Waals surface area contributed by atoms with E-state index in [-0.39, 0.29) is 11.2 Å². The molecule has 6 nitrogen and oxygen atoms in total. The molecule has 0 aliphatic heterocycles. The second-order valence-corrected chi connectivity index (χ2v) is 3.03. The van der Waals surface area contributed by atoms with E-state index >= 15 is 0 Å². The maximum atomic E-state index is 10.9. The predicted octanol–water partition coefficient (Wildman–Crippen LogP) is 0.746. The quantitative estimate of drug-likeness (QED) is 0.648. The Hall–Kier alpha value is -1.85. The van der Waals surface area contributed by atoms with Crippen molar-refractivity contribution in [1.82, 2.24) is 19.9 Å². The Labute approximate surface area is 85.8 Å². The Morgan fingerprint density at radius 1 is 1.20 bits per heavy atom. The summed E-state index contributed by atoms with van der Waals surface area (Å²) in [6.45, 7) is 4.36. The fraction of sp³-hybridized carbons (Fsp3) is 0.444. The van der Waals surface area contributed by atoms with Crippen molar-refractivity contribution < 1.29 is 0 Å². The third kappa shape index (κ3) is 2.80. The average Bonchev–Trinajstić information content (AvgIpc) is 2.66. The van der Waals surface area contributed by atoms with E-state index in [0.717, 1.165) is 0 Å². The van der Waals surface area contributed by atoms with Crippen LogP contribution in [0, 0.1) is 0 Å². The monoisotopic (exact) mass is 210 g/mol. The van der Waals surface area contributed by atoms with Crippen molar-refractivity contribution >= 4 is 11.2 Å². The van der Waals surface area contributed by atoms with Crippen molar-refractivity contribution in [2.45, 2.75) is 26.7 Å². The van der Waals surface area contributed by atoms with Gasteiger partial charge in [-0.3, -0.25) is 14.8 Å². The van der Waals surface area contributed by atoms with Crippen LogP contribution in [0.4, 0.5) is 0 Å². The smallest absolute Gasteiger partial charge is 0.327 e. The molecule has 0 aliphatic carbocycles. The van der Waals surface area contributed by atoms with Crippen molar-refractivity contribution in [3.05, 3.63) is 27.2 Å². The highest BCUT2D eigenvalue weighted by Crippen LogP contribution is 1.92. The minimum atomic E-state index is -0.547. The molecule has 0 bridgehead atoms. The summed E-state index contributed by atoms with van der Waals surface area (Å²) in [6, 6.07) is 0. The van der Waals surface area contributed by atoms with E-state index < -0.39 is 11.2 Å². The molecule has 15 heavy (non-hydrogen) atoms. The van der Waals surface area contributed by atoms with Crippen LogP contribution in [0.2, 0.25) is 0 Å². The van der Waals surface area contributed by atoms with E-state index in [2.05, 4.69) is 33.8 Å². The lowest BCUT2D eigenvalue weighted by Gasteiger charge is -1.83. The van der Waals surface area contributed by atoms with Crippen LogP contribution < -0.4 is 11.2 Å². The van der Waals surface area contributed by atoms with Crippen LogP contribution in [-0.2, 0) is 0 Å². The van der Waals surface area contributed by atoms with E-state index in [0.29, 0.717) is 0 Å². The van der Waals surface area contributed by atoms with Gasteiger partial charge >= 0.3 is 5.69 Å². The molecule has 3 N–H and O–H groups in total. The van der Waals surface area contributed by atoms with Crippen LogP contribution >= 0.6 is 0 Å². The van der Waals surface area contributed by atoms with Crippen molar-refractivity contribution in [3.8, 4) is 0 Å². The first-order valence-corrected chi connectivity index (χ1v) is 4.84. The molecule has 2 aromatic rings. The highest BCUT2D eigenvalue weighted by molar-refractivity contribution is 5.67. The Morgan fingerprint density at radius 2 is 1.87 bits per heavy atom. The van der Waals surface area contributed by atoms with Gasteiger partial charge in [0.25, 0.3) is 5.56 Å². The van der Waals surface area contributed by atoms with E-state index in [1.807, 2.05) is 0 Å². The molecule has 2 heterocycles. The number of rotatable bonds is 1. The molecule has 0 atom stereocenters. The molecule has 0 spiro atoms. The molecule has 0 saturated carbocycles. The Bertz CT molecular complexity index is 520. The van der Waals surface area contributed by atoms with E-state index in [9.17, 15) is 9.59 Å². The van der Waals surface area contributed by atoms with Gasteiger partial charge in [0, 0.05) is 0 Å². The van der Waals surface area contributed by atoms with E-state index in [4.69, 9.17) is 0 Å². The molecule has 2 rings (SSSR count). The van der Waals surface area contributed by atoms with Crippen LogP contribution in [0.5, 0.6) is 0 Å². The summed E-state index contributed by atoms with van der Waals surface area (Å²) in [7, 11) is 0. The summed E-state index contributed by atoms with van der Waals surface area (Å²) in [4.78, 5) is 32.3. The fourth-order valence-electron chi connectivity index (χ4n) is 0.867. The van der Waals surface area contributed by atoms with Crippen LogP contribution in [0.3, 0.4) is 0 Å². The van der Waals surface area contributed by atoms with E-state index in [1.165, 1.54) is 19.2 Å². The summed E-state index contributed by atoms with van der Waals surface area (Å²) >= 11 is 0. The van der Waals surface area contributed by atoms with Crippen molar-refractivity contribution in [2.24, 2.45) is 0 Å². The van der Waals surface area contributed by atoms with Gasteiger partial charge in [-0.2, -0.15) is 0 Å². The third-order valence-corrected chi connectivity index (χ3v) is 1.83. The Morgan fingerprint density at radius 3 is 2.47 bits per heavy atom. The molecule has 82 valence electrons. The summed E-state index contributed by atoms with van der Waals surface area (Å²) in [5.74, 6) is 0. The zero-order valence-corrected chi connectivity index (χ0v) is 8.76. The van der Waals surface area contributed by atoms with Crippen molar-refractivity contribution in [2.75, 3.05) is 0 Å². The Balaban J connectivity index is 0.000000245. The molecule has 0 saturated heterocycles. The molecule has 0 aromatic carbocycles. The van der Waals surface area contributed by atoms with Gasteiger partial charge in [-0.25, -0.2) is 9.78 Å². The number of fused-ring (bicyclic) bond motifs is 1. The van der Waals surface area contributed by atoms with Gasteiger partial charge in [0.15, 0.2) is 5.65 Å². The van der Waals surface area contributed by atoms with Gasteiger partial charge in [-0.05, 0) is 0 Å². The molecule has 0 aliphatic rings. The fourth-order valence-corrected chi connectivity index (χ4v) is 0.867. The number of aromatic amines is 3. The predicted molar refractivity (Wildman–Crippen MR) is 57.9 cm³/mol. The zero-order valence-electron chi connectivity index (χ0n) is 8.76. The molecule has 0 unspecified atom stereocenters. The van der Waals surface area contributed by atoms with Gasteiger partial charge in [-0.1, -0.05) is 26.7 Å². The summed E-state index contributed by atoms with van der Waals surface area (Å²) in [5.41, 5.74) is -0.445. The summed E-state index contributed by atoms with van der Waals surface area (Å²) in [5, 5.41) is 0. The number of hydrogen-bond donors (Lipinski definition) is 3. The van der Waals surface area contributed by atoms with Gasteiger partial charge in [-0.15, -0.1) is 0 Å². The Kier molecular flexibility index (Phi) is 3.84. The number of H-pyrrole nitrogens is 3.